The van der Waals surface area contributed by atoms with E-state index in [1.54, 1.807) is 0 Å². The molecule has 0 amide bonds. The summed E-state index contributed by atoms with van der Waals surface area (Å²) in [5, 5.41) is 1.39. The van der Waals surface area contributed by atoms with Crippen LogP contribution in [0.3, 0.4) is 0 Å². The molecule has 1 aromatic heterocycles. The number of hydrogen-bond acceptors (Lipinski definition) is 3. The molecule has 0 saturated heterocycles. The van der Waals surface area contributed by atoms with Gasteiger partial charge >= 0.3 is 0 Å². The van der Waals surface area contributed by atoms with Gasteiger partial charge in [-0.05, 0) is 25.7 Å². The second kappa shape index (κ2) is 4.46. The maximum absolute atomic E-state index is 5.83. The highest BCUT2D eigenvalue weighted by Gasteiger charge is 2.30. The SMILES string of the molecule is NCc1sc(C2CCCCC2)nc1C1CC1. The standard InChI is InChI=1S/C13H20N2S/c14-8-11-12(9-6-7-9)15-13(16-11)10-4-2-1-3-5-10/h9-10H,1-8,14H2. The average Bonchev–Trinajstić information content (AvgIpc) is 3.10. The predicted octanol–water partition coefficient (Wildman–Crippen LogP) is 3.53. The van der Waals surface area contributed by atoms with Crippen molar-refractivity contribution in [1.82, 2.24) is 4.98 Å². The minimum atomic E-state index is 0.691. The first-order valence-corrected chi connectivity index (χ1v) is 7.39. The molecule has 1 heterocycles. The van der Waals surface area contributed by atoms with Gasteiger partial charge in [0, 0.05) is 23.3 Å². The van der Waals surface area contributed by atoms with Gasteiger partial charge in [0.1, 0.15) is 0 Å². The molecule has 2 saturated carbocycles. The summed E-state index contributed by atoms with van der Waals surface area (Å²) in [5.74, 6) is 1.50. The summed E-state index contributed by atoms with van der Waals surface area (Å²) >= 11 is 1.90. The van der Waals surface area contributed by atoms with Gasteiger partial charge in [0.15, 0.2) is 0 Å². The molecule has 88 valence electrons. The molecule has 0 bridgehead atoms. The van der Waals surface area contributed by atoms with Crippen LogP contribution in [0.1, 0.15) is 72.4 Å². The van der Waals surface area contributed by atoms with Crippen LogP contribution in [0.25, 0.3) is 0 Å². The zero-order valence-electron chi connectivity index (χ0n) is 9.74. The summed E-state index contributed by atoms with van der Waals surface area (Å²) in [6, 6.07) is 0. The van der Waals surface area contributed by atoms with Crippen molar-refractivity contribution in [3.8, 4) is 0 Å². The van der Waals surface area contributed by atoms with E-state index in [0.29, 0.717) is 6.54 Å². The number of thiazole rings is 1. The number of hydrogen-bond donors (Lipinski definition) is 1. The van der Waals surface area contributed by atoms with Gasteiger partial charge in [0.2, 0.25) is 0 Å². The van der Waals surface area contributed by atoms with E-state index < -0.39 is 0 Å². The fourth-order valence-corrected chi connectivity index (χ4v) is 3.93. The Bertz CT molecular complexity index is 362. The van der Waals surface area contributed by atoms with E-state index in [-0.39, 0.29) is 0 Å². The summed E-state index contributed by atoms with van der Waals surface area (Å²) in [6.07, 6.45) is 9.56. The Morgan fingerprint density at radius 1 is 1.06 bits per heavy atom. The van der Waals surface area contributed by atoms with E-state index in [1.165, 1.54) is 60.5 Å². The second-order valence-electron chi connectivity index (χ2n) is 5.17. The Balaban J connectivity index is 1.83. The van der Waals surface area contributed by atoms with Crippen molar-refractivity contribution in [3.05, 3.63) is 15.6 Å². The molecule has 0 aliphatic heterocycles. The van der Waals surface area contributed by atoms with Crippen molar-refractivity contribution in [3.63, 3.8) is 0 Å². The molecule has 0 spiro atoms. The first-order chi connectivity index (χ1) is 7.88. The van der Waals surface area contributed by atoms with Gasteiger partial charge in [-0.1, -0.05) is 19.3 Å². The van der Waals surface area contributed by atoms with Crippen LogP contribution in [0, 0.1) is 0 Å². The smallest absolute Gasteiger partial charge is 0.0962 e. The van der Waals surface area contributed by atoms with Crippen LogP contribution >= 0.6 is 11.3 Å². The van der Waals surface area contributed by atoms with Crippen LogP contribution in [0.15, 0.2) is 0 Å². The van der Waals surface area contributed by atoms with E-state index in [2.05, 4.69) is 0 Å². The molecular formula is C13H20N2S. The molecule has 2 N–H and O–H groups in total. The lowest BCUT2D eigenvalue weighted by atomic mass is 9.90. The highest BCUT2D eigenvalue weighted by Crippen LogP contribution is 2.44. The van der Waals surface area contributed by atoms with E-state index in [1.807, 2.05) is 11.3 Å². The third kappa shape index (κ3) is 2.03. The lowest BCUT2D eigenvalue weighted by Gasteiger charge is -2.18. The van der Waals surface area contributed by atoms with Gasteiger partial charge < -0.3 is 5.73 Å². The zero-order valence-corrected chi connectivity index (χ0v) is 10.6. The monoisotopic (exact) mass is 236 g/mol. The minimum absolute atomic E-state index is 0.691. The molecule has 0 radical (unpaired) electrons. The van der Waals surface area contributed by atoms with Crippen LogP contribution in [0.2, 0.25) is 0 Å². The fourth-order valence-electron chi connectivity index (χ4n) is 2.73. The highest BCUT2D eigenvalue weighted by molar-refractivity contribution is 7.11. The molecule has 0 aromatic carbocycles. The quantitative estimate of drug-likeness (QED) is 0.872. The minimum Gasteiger partial charge on any atom is -0.326 e. The topological polar surface area (TPSA) is 38.9 Å². The van der Waals surface area contributed by atoms with Gasteiger partial charge in [0.05, 0.1) is 10.7 Å². The molecule has 2 fully saturated rings. The van der Waals surface area contributed by atoms with Crippen LogP contribution in [-0.2, 0) is 6.54 Å². The zero-order chi connectivity index (χ0) is 11.0. The van der Waals surface area contributed by atoms with E-state index >= 15 is 0 Å². The third-order valence-corrected chi connectivity index (χ3v) is 5.10. The molecule has 2 aliphatic carbocycles. The van der Waals surface area contributed by atoms with Crippen LogP contribution in [0.4, 0.5) is 0 Å². The van der Waals surface area contributed by atoms with Crippen LogP contribution in [0.5, 0.6) is 0 Å². The largest absolute Gasteiger partial charge is 0.326 e. The Kier molecular flexibility index (Phi) is 2.99. The molecular weight excluding hydrogens is 216 g/mol. The molecule has 2 aliphatic rings. The van der Waals surface area contributed by atoms with Gasteiger partial charge in [0.25, 0.3) is 0 Å². The molecule has 0 atom stereocenters. The van der Waals surface area contributed by atoms with Crippen molar-refractivity contribution in [2.45, 2.75) is 63.3 Å². The van der Waals surface area contributed by atoms with Crippen molar-refractivity contribution >= 4 is 11.3 Å². The molecule has 3 rings (SSSR count). The molecule has 16 heavy (non-hydrogen) atoms. The van der Waals surface area contributed by atoms with E-state index in [0.717, 1.165) is 11.8 Å². The maximum atomic E-state index is 5.83. The van der Waals surface area contributed by atoms with Crippen molar-refractivity contribution < 1.29 is 0 Å². The Labute approximate surface area is 101 Å². The van der Waals surface area contributed by atoms with Crippen molar-refractivity contribution in [2.75, 3.05) is 0 Å². The maximum Gasteiger partial charge on any atom is 0.0962 e. The van der Waals surface area contributed by atoms with Gasteiger partial charge in [-0.2, -0.15) is 0 Å². The molecule has 0 unspecified atom stereocenters. The first kappa shape index (κ1) is 10.7. The lowest BCUT2D eigenvalue weighted by molar-refractivity contribution is 0.442. The summed E-state index contributed by atoms with van der Waals surface area (Å²) in [6.45, 7) is 0.691. The highest BCUT2D eigenvalue weighted by atomic mass is 32.1. The fraction of sp³-hybridized carbons (Fsp3) is 0.769. The Hall–Kier alpha value is -0.410. The van der Waals surface area contributed by atoms with Crippen molar-refractivity contribution in [1.29, 1.82) is 0 Å². The van der Waals surface area contributed by atoms with Crippen LogP contribution < -0.4 is 5.73 Å². The van der Waals surface area contributed by atoms with Crippen LogP contribution in [-0.4, -0.2) is 4.98 Å². The molecule has 1 aromatic rings. The molecule has 2 nitrogen and oxygen atoms in total. The Morgan fingerprint density at radius 2 is 1.81 bits per heavy atom. The number of rotatable bonds is 3. The van der Waals surface area contributed by atoms with Gasteiger partial charge in [-0.3, -0.25) is 0 Å². The summed E-state index contributed by atoms with van der Waals surface area (Å²) in [4.78, 5) is 6.27. The second-order valence-corrected chi connectivity index (χ2v) is 6.29. The van der Waals surface area contributed by atoms with Crippen molar-refractivity contribution in [2.24, 2.45) is 5.73 Å². The number of nitrogens with two attached hydrogens (primary N) is 1. The summed E-state index contributed by atoms with van der Waals surface area (Å²) in [5.41, 5.74) is 7.18. The summed E-state index contributed by atoms with van der Waals surface area (Å²) in [7, 11) is 0. The van der Waals surface area contributed by atoms with E-state index in [4.69, 9.17) is 10.7 Å². The van der Waals surface area contributed by atoms with E-state index in [9.17, 15) is 0 Å². The first-order valence-electron chi connectivity index (χ1n) is 6.58. The predicted molar refractivity (Wildman–Crippen MR) is 67.8 cm³/mol. The average molecular weight is 236 g/mol. The van der Waals surface area contributed by atoms with Gasteiger partial charge in [-0.15, -0.1) is 11.3 Å². The number of nitrogens with zero attached hydrogens (tertiary/aromatic N) is 1. The number of aromatic nitrogens is 1. The van der Waals surface area contributed by atoms with Gasteiger partial charge in [-0.25, -0.2) is 4.98 Å². The summed E-state index contributed by atoms with van der Waals surface area (Å²) < 4.78 is 0. The third-order valence-electron chi connectivity index (χ3n) is 3.85. The Morgan fingerprint density at radius 3 is 2.44 bits per heavy atom. The lowest BCUT2D eigenvalue weighted by Crippen LogP contribution is -2.04. The molecule has 3 heteroatoms. The normalized spacial score (nSPS) is 22.6.